The number of hydrogen-bond acceptors (Lipinski definition) is 3. The fraction of sp³-hybridized carbons (Fsp3) is 0.429. The number of hydrogen-bond donors (Lipinski definition) is 0. The second kappa shape index (κ2) is 8.70. The Morgan fingerprint density at radius 1 is 1.04 bits per heavy atom. The lowest BCUT2D eigenvalue weighted by molar-refractivity contribution is -0.120. The van der Waals surface area contributed by atoms with Gasteiger partial charge < -0.3 is 9.47 Å². The summed E-state index contributed by atoms with van der Waals surface area (Å²) < 4.78 is 12.6. The largest absolute Gasteiger partial charge is 0.372 e. The topological polar surface area (TPSA) is 18.5 Å². The Labute approximate surface area is 149 Å². The average Bonchev–Trinajstić information content (AvgIpc) is 2.82. The van der Waals surface area contributed by atoms with Gasteiger partial charge in [-0.1, -0.05) is 48.5 Å². The smallest absolute Gasteiger partial charge is 0.101 e. The van der Waals surface area contributed by atoms with Gasteiger partial charge in [0.1, 0.15) is 5.60 Å². The molecule has 0 bridgehead atoms. The molecular formula is C21H26O2S. The third-order valence-electron chi connectivity index (χ3n) is 4.54. The molecule has 24 heavy (non-hydrogen) atoms. The van der Waals surface area contributed by atoms with Crippen LogP contribution in [0.3, 0.4) is 0 Å². The third kappa shape index (κ3) is 4.85. The van der Waals surface area contributed by atoms with Gasteiger partial charge in [-0.05, 0) is 43.9 Å². The summed E-state index contributed by atoms with van der Waals surface area (Å²) in [6, 6.07) is 20.9. The van der Waals surface area contributed by atoms with Crippen LogP contribution >= 0.6 is 11.8 Å². The molecule has 1 fully saturated rings. The highest BCUT2D eigenvalue weighted by Gasteiger charge is 2.37. The monoisotopic (exact) mass is 342 g/mol. The van der Waals surface area contributed by atoms with E-state index in [1.54, 1.807) is 0 Å². The van der Waals surface area contributed by atoms with Gasteiger partial charge in [-0.3, -0.25) is 0 Å². The first kappa shape index (κ1) is 17.5. The van der Waals surface area contributed by atoms with Crippen molar-refractivity contribution in [3.8, 4) is 0 Å². The Hall–Kier alpha value is -1.29. The van der Waals surface area contributed by atoms with Crippen molar-refractivity contribution in [2.45, 2.75) is 49.4 Å². The van der Waals surface area contributed by atoms with Crippen LogP contribution in [0, 0.1) is 0 Å². The molecule has 0 N–H and O–H groups in total. The molecule has 1 saturated heterocycles. The molecule has 0 unspecified atom stereocenters. The summed E-state index contributed by atoms with van der Waals surface area (Å²) in [6.07, 6.45) is 3.50. The summed E-state index contributed by atoms with van der Waals surface area (Å²) in [7, 11) is 0. The van der Waals surface area contributed by atoms with Gasteiger partial charge in [-0.25, -0.2) is 0 Å². The molecule has 0 radical (unpaired) electrons. The van der Waals surface area contributed by atoms with Crippen LogP contribution in [0.2, 0.25) is 0 Å². The Morgan fingerprint density at radius 3 is 2.50 bits per heavy atom. The normalized spacial score (nSPS) is 24.5. The van der Waals surface area contributed by atoms with Crippen LogP contribution in [-0.4, -0.2) is 24.1 Å². The van der Waals surface area contributed by atoms with Crippen LogP contribution in [0.25, 0.3) is 0 Å². The standard InChI is InChI=1S/C21H26O2S/c1-21(17-24-19-12-6-3-7-13-19)20(14-8-9-15-23-21)22-16-18-10-4-2-5-11-18/h2-7,10-13,20H,8-9,14-17H2,1H3/t20-,21-/m0/s1. The molecule has 0 amide bonds. The maximum Gasteiger partial charge on any atom is 0.101 e. The van der Waals surface area contributed by atoms with Crippen LogP contribution in [0.4, 0.5) is 0 Å². The maximum absolute atomic E-state index is 6.31. The van der Waals surface area contributed by atoms with Gasteiger partial charge >= 0.3 is 0 Å². The van der Waals surface area contributed by atoms with E-state index >= 15 is 0 Å². The Morgan fingerprint density at radius 2 is 1.75 bits per heavy atom. The summed E-state index contributed by atoms with van der Waals surface area (Å²) in [5.41, 5.74) is 0.978. The number of ether oxygens (including phenoxy) is 2. The van der Waals surface area contributed by atoms with Crippen LogP contribution in [0.1, 0.15) is 31.7 Å². The van der Waals surface area contributed by atoms with Crippen molar-refractivity contribution in [2.24, 2.45) is 0 Å². The van der Waals surface area contributed by atoms with Crippen LogP contribution in [0.15, 0.2) is 65.6 Å². The molecule has 0 aromatic heterocycles. The van der Waals surface area contributed by atoms with Gasteiger partial charge in [0.05, 0.1) is 12.7 Å². The first-order valence-corrected chi connectivity index (χ1v) is 9.72. The Bertz CT molecular complexity index is 602. The highest BCUT2D eigenvalue weighted by Crippen LogP contribution is 2.33. The fourth-order valence-corrected chi connectivity index (χ4v) is 4.12. The minimum atomic E-state index is -0.244. The van der Waals surface area contributed by atoms with E-state index in [0.717, 1.165) is 25.2 Å². The van der Waals surface area contributed by atoms with Crippen molar-refractivity contribution in [1.82, 2.24) is 0 Å². The van der Waals surface area contributed by atoms with Crippen molar-refractivity contribution in [2.75, 3.05) is 12.4 Å². The molecule has 1 aliphatic heterocycles. The molecule has 1 heterocycles. The lowest BCUT2D eigenvalue weighted by atomic mass is 9.97. The van der Waals surface area contributed by atoms with E-state index in [4.69, 9.17) is 9.47 Å². The van der Waals surface area contributed by atoms with Gasteiger partial charge in [0.15, 0.2) is 0 Å². The molecule has 1 aliphatic rings. The molecule has 2 atom stereocenters. The summed E-state index contributed by atoms with van der Waals surface area (Å²) >= 11 is 1.86. The van der Waals surface area contributed by atoms with Gasteiger partial charge in [-0.2, -0.15) is 0 Å². The van der Waals surface area contributed by atoms with E-state index < -0.39 is 0 Å². The zero-order valence-electron chi connectivity index (χ0n) is 14.3. The van der Waals surface area contributed by atoms with E-state index in [0.29, 0.717) is 6.61 Å². The fourth-order valence-electron chi connectivity index (χ4n) is 3.04. The minimum Gasteiger partial charge on any atom is -0.372 e. The summed E-state index contributed by atoms with van der Waals surface area (Å²) in [6.45, 7) is 3.70. The Kier molecular flexibility index (Phi) is 6.36. The van der Waals surface area contributed by atoms with Gasteiger partial charge in [-0.15, -0.1) is 11.8 Å². The molecule has 3 rings (SSSR count). The predicted molar refractivity (Wildman–Crippen MR) is 100 cm³/mol. The van der Waals surface area contributed by atoms with Crippen molar-refractivity contribution in [3.05, 3.63) is 66.2 Å². The molecule has 0 aliphatic carbocycles. The quantitative estimate of drug-likeness (QED) is 0.662. The highest BCUT2D eigenvalue weighted by molar-refractivity contribution is 7.99. The second-order valence-electron chi connectivity index (χ2n) is 6.54. The molecule has 0 spiro atoms. The minimum absolute atomic E-state index is 0.136. The third-order valence-corrected chi connectivity index (χ3v) is 5.86. The molecular weight excluding hydrogens is 316 g/mol. The Balaban J connectivity index is 1.64. The molecule has 2 aromatic rings. The highest BCUT2D eigenvalue weighted by atomic mass is 32.2. The van der Waals surface area contributed by atoms with Gasteiger partial charge in [0.25, 0.3) is 0 Å². The maximum atomic E-state index is 6.31. The molecule has 3 heteroatoms. The van der Waals surface area contributed by atoms with E-state index in [2.05, 4.69) is 61.5 Å². The number of benzene rings is 2. The zero-order valence-corrected chi connectivity index (χ0v) is 15.1. The van der Waals surface area contributed by atoms with Gasteiger partial charge in [0, 0.05) is 17.3 Å². The number of rotatable bonds is 6. The summed E-state index contributed by atoms with van der Waals surface area (Å²) in [5, 5.41) is 0. The zero-order chi connectivity index (χ0) is 16.7. The van der Waals surface area contributed by atoms with E-state index in [-0.39, 0.29) is 11.7 Å². The first-order valence-electron chi connectivity index (χ1n) is 8.74. The number of thioether (sulfide) groups is 1. The molecule has 2 aromatic carbocycles. The van der Waals surface area contributed by atoms with Crippen molar-refractivity contribution < 1.29 is 9.47 Å². The lowest BCUT2D eigenvalue weighted by Crippen LogP contribution is -2.45. The van der Waals surface area contributed by atoms with Crippen molar-refractivity contribution in [1.29, 1.82) is 0 Å². The average molecular weight is 343 g/mol. The SMILES string of the molecule is C[C@@]1(CSc2ccccc2)OCCCC[C@@H]1OCc1ccccc1. The van der Waals surface area contributed by atoms with E-state index in [1.165, 1.54) is 16.9 Å². The van der Waals surface area contributed by atoms with Crippen LogP contribution < -0.4 is 0 Å². The first-order chi connectivity index (χ1) is 11.8. The summed E-state index contributed by atoms with van der Waals surface area (Å²) in [5.74, 6) is 0.913. The molecule has 128 valence electrons. The van der Waals surface area contributed by atoms with Crippen LogP contribution in [0.5, 0.6) is 0 Å². The van der Waals surface area contributed by atoms with E-state index in [9.17, 15) is 0 Å². The van der Waals surface area contributed by atoms with Crippen molar-refractivity contribution >= 4 is 11.8 Å². The molecule has 2 nitrogen and oxygen atoms in total. The second-order valence-corrected chi connectivity index (χ2v) is 7.59. The van der Waals surface area contributed by atoms with Crippen molar-refractivity contribution in [3.63, 3.8) is 0 Å². The van der Waals surface area contributed by atoms with Gasteiger partial charge in [0.2, 0.25) is 0 Å². The van der Waals surface area contributed by atoms with E-state index in [1.807, 2.05) is 17.8 Å². The van der Waals surface area contributed by atoms with Crippen LogP contribution in [-0.2, 0) is 16.1 Å². The summed E-state index contributed by atoms with van der Waals surface area (Å²) in [4.78, 5) is 1.29. The lowest BCUT2D eigenvalue weighted by Gasteiger charge is -2.35. The predicted octanol–water partition coefficient (Wildman–Crippen LogP) is 5.32. The molecule has 0 saturated carbocycles.